The molecule has 2 aromatic rings. The fourth-order valence-electron chi connectivity index (χ4n) is 1.42. The van der Waals surface area contributed by atoms with Crippen molar-refractivity contribution >= 4 is 5.97 Å². The molecule has 0 bridgehead atoms. The van der Waals surface area contributed by atoms with E-state index in [-0.39, 0.29) is 5.69 Å². The molecule has 0 amide bonds. The Hall–Kier alpha value is -2.17. The molecule has 5 nitrogen and oxygen atoms in total. The average Bonchev–Trinajstić information content (AvgIpc) is 2.70. The molecule has 0 atom stereocenters. The largest absolute Gasteiger partial charge is 0.476 e. The molecule has 0 aromatic carbocycles. The van der Waals surface area contributed by atoms with E-state index in [4.69, 9.17) is 5.11 Å². The Bertz CT molecular complexity index is 491. The standard InChI is InChI=1S/C10H9N3O2/c1-7-2-3-12-8(10(14)15)9(7)13-5-4-11-6-13/h2-6H,1H3,(H,14,15). The molecule has 0 aliphatic rings. The van der Waals surface area contributed by atoms with Gasteiger partial charge in [-0.15, -0.1) is 0 Å². The molecule has 0 unspecified atom stereocenters. The van der Waals surface area contributed by atoms with Crippen molar-refractivity contribution in [3.8, 4) is 5.69 Å². The van der Waals surface area contributed by atoms with Gasteiger partial charge < -0.3 is 9.67 Å². The first-order valence-corrected chi connectivity index (χ1v) is 4.37. The highest BCUT2D eigenvalue weighted by Gasteiger charge is 2.14. The molecule has 2 rings (SSSR count). The highest BCUT2D eigenvalue weighted by atomic mass is 16.4. The number of carboxylic acid groups (broad SMARTS) is 1. The van der Waals surface area contributed by atoms with Crippen LogP contribution in [0.3, 0.4) is 0 Å². The van der Waals surface area contributed by atoms with E-state index < -0.39 is 5.97 Å². The monoisotopic (exact) mass is 203 g/mol. The molecule has 0 aliphatic carbocycles. The Morgan fingerprint density at radius 2 is 2.27 bits per heavy atom. The zero-order valence-corrected chi connectivity index (χ0v) is 8.08. The summed E-state index contributed by atoms with van der Waals surface area (Å²) in [4.78, 5) is 18.7. The van der Waals surface area contributed by atoms with Crippen LogP contribution >= 0.6 is 0 Å². The minimum atomic E-state index is -1.04. The molecule has 0 aliphatic heterocycles. The molecular weight excluding hydrogens is 194 g/mol. The van der Waals surface area contributed by atoms with Crippen LogP contribution in [0.2, 0.25) is 0 Å². The van der Waals surface area contributed by atoms with Crippen LogP contribution in [-0.4, -0.2) is 25.6 Å². The molecule has 2 aromatic heterocycles. The van der Waals surface area contributed by atoms with Crippen molar-refractivity contribution in [1.29, 1.82) is 0 Å². The van der Waals surface area contributed by atoms with Crippen molar-refractivity contribution in [2.75, 3.05) is 0 Å². The van der Waals surface area contributed by atoms with Crippen LogP contribution in [0.25, 0.3) is 5.69 Å². The fraction of sp³-hybridized carbons (Fsp3) is 0.100. The Kier molecular flexibility index (Phi) is 2.21. The zero-order chi connectivity index (χ0) is 10.8. The second kappa shape index (κ2) is 3.53. The molecular formula is C10H9N3O2. The third-order valence-corrected chi connectivity index (χ3v) is 2.09. The van der Waals surface area contributed by atoms with Gasteiger partial charge in [-0.3, -0.25) is 0 Å². The molecule has 76 valence electrons. The average molecular weight is 203 g/mol. The van der Waals surface area contributed by atoms with Crippen molar-refractivity contribution < 1.29 is 9.90 Å². The minimum Gasteiger partial charge on any atom is -0.476 e. The first kappa shape index (κ1) is 9.39. The summed E-state index contributed by atoms with van der Waals surface area (Å²) in [5, 5.41) is 8.99. The smallest absolute Gasteiger partial charge is 0.356 e. The van der Waals surface area contributed by atoms with Crippen molar-refractivity contribution in [3.63, 3.8) is 0 Å². The van der Waals surface area contributed by atoms with Gasteiger partial charge in [0, 0.05) is 18.6 Å². The summed E-state index contributed by atoms with van der Waals surface area (Å²) < 4.78 is 1.64. The van der Waals surface area contributed by atoms with Crippen LogP contribution in [0.15, 0.2) is 31.0 Å². The number of rotatable bonds is 2. The summed E-state index contributed by atoms with van der Waals surface area (Å²) in [6, 6.07) is 1.77. The van der Waals surface area contributed by atoms with E-state index in [1.807, 2.05) is 6.92 Å². The van der Waals surface area contributed by atoms with E-state index in [1.165, 1.54) is 6.20 Å². The van der Waals surface area contributed by atoms with Crippen LogP contribution in [0.1, 0.15) is 16.1 Å². The van der Waals surface area contributed by atoms with Crippen LogP contribution in [0.5, 0.6) is 0 Å². The zero-order valence-electron chi connectivity index (χ0n) is 8.08. The van der Waals surface area contributed by atoms with Gasteiger partial charge in [0.2, 0.25) is 0 Å². The maximum absolute atomic E-state index is 11.0. The molecule has 0 saturated heterocycles. The molecule has 0 fully saturated rings. The molecule has 0 radical (unpaired) electrons. The van der Waals surface area contributed by atoms with Gasteiger partial charge in [0.25, 0.3) is 0 Å². The lowest BCUT2D eigenvalue weighted by Crippen LogP contribution is -2.08. The van der Waals surface area contributed by atoms with Crippen molar-refractivity contribution in [2.45, 2.75) is 6.92 Å². The number of hydrogen-bond acceptors (Lipinski definition) is 3. The number of aryl methyl sites for hydroxylation is 1. The van der Waals surface area contributed by atoms with Gasteiger partial charge in [-0.1, -0.05) is 0 Å². The molecule has 0 saturated carbocycles. The quantitative estimate of drug-likeness (QED) is 0.798. The first-order chi connectivity index (χ1) is 7.20. The van der Waals surface area contributed by atoms with Crippen molar-refractivity contribution in [3.05, 3.63) is 42.2 Å². The summed E-state index contributed by atoms with van der Waals surface area (Å²) in [7, 11) is 0. The van der Waals surface area contributed by atoms with E-state index in [0.29, 0.717) is 5.69 Å². The Labute approximate surface area is 86.0 Å². The molecule has 15 heavy (non-hydrogen) atoms. The fourth-order valence-corrected chi connectivity index (χ4v) is 1.42. The Balaban J connectivity index is 2.68. The van der Waals surface area contributed by atoms with Crippen LogP contribution < -0.4 is 0 Å². The van der Waals surface area contributed by atoms with E-state index in [0.717, 1.165) is 5.56 Å². The Morgan fingerprint density at radius 3 is 2.87 bits per heavy atom. The summed E-state index contributed by atoms with van der Waals surface area (Å²) >= 11 is 0. The van der Waals surface area contributed by atoms with Gasteiger partial charge in [-0.2, -0.15) is 0 Å². The molecule has 1 N–H and O–H groups in total. The number of carbonyl (C=O) groups is 1. The van der Waals surface area contributed by atoms with Crippen molar-refractivity contribution in [2.24, 2.45) is 0 Å². The number of carboxylic acids is 1. The minimum absolute atomic E-state index is 0.0352. The number of imidazole rings is 1. The third kappa shape index (κ3) is 1.59. The van der Waals surface area contributed by atoms with E-state index >= 15 is 0 Å². The third-order valence-electron chi connectivity index (χ3n) is 2.09. The van der Waals surface area contributed by atoms with Gasteiger partial charge >= 0.3 is 5.97 Å². The number of nitrogens with zero attached hydrogens (tertiary/aromatic N) is 3. The maximum Gasteiger partial charge on any atom is 0.356 e. The normalized spacial score (nSPS) is 10.2. The number of aromatic nitrogens is 3. The Morgan fingerprint density at radius 1 is 1.47 bits per heavy atom. The highest BCUT2D eigenvalue weighted by molar-refractivity contribution is 5.90. The summed E-state index contributed by atoms with van der Waals surface area (Å²) in [5.41, 5.74) is 1.44. The number of pyridine rings is 1. The van der Waals surface area contributed by atoms with Gasteiger partial charge in [0.05, 0.1) is 12.0 Å². The van der Waals surface area contributed by atoms with E-state index in [9.17, 15) is 4.79 Å². The lowest BCUT2D eigenvalue weighted by Gasteiger charge is -2.08. The molecule has 0 spiro atoms. The van der Waals surface area contributed by atoms with E-state index in [2.05, 4.69) is 9.97 Å². The summed E-state index contributed by atoms with van der Waals surface area (Å²) in [6.07, 6.45) is 6.32. The van der Waals surface area contributed by atoms with Crippen molar-refractivity contribution in [1.82, 2.24) is 14.5 Å². The second-order valence-corrected chi connectivity index (χ2v) is 3.10. The van der Waals surface area contributed by atoms with Gasteiger partial charge in [-0.05, 0) is 18.6 Å². The number of aromatic carboxylic acids is 1. The highest BCUT2D eigenvalue weighted by Crippen LogP contribution is 2.16. The lowest BCUT2D eigenvalue weighted by molar-refractivity contribution is 0.0690. The van der Waals surface area contributed by atoms with Crippen LogP contribution in [-0.2, 0) is 0 Å². The topological polar surface area (TPSA) is 68.0 Å². The predicted molar refractivity (Wildman–Crippen MR) is 53.1 cm³/mol. The van der Waals surface area contributed by atoms with E-state index in [1.54, 1.807) is 29.4 Å². The van der Waals surface area contributed by atoms with Crippen LogP contribution in [0, 0.1) is 6.92 Å². The maximum atomic E-state index is 11.0. The summed E-state index contributed by atoms with van der Waals surface area (Å²) in [6.45, 7) is 1.84. The molecule has 2 heterocycles. The summed E-state index contributed by atoms with van der Waals surface area (Å²) in [5.74, 6) is -1.04. The van der Waals surface area contributed by atoms with Gasteiger partial charge in [0.1, 0.15) is 0 Å². The first-order valence-electron chi connectivity index (χ1n) is 4.37. The van der Waals surface area contributed by atoms with Gasteiger partial charge in [-0.25, -0.2) is 14.8 Å². The van der Waals surface area contributed by atoms with Gasteiger partial charge in [0.15, 0.2) is 5.69 Å². The van der Waals surface area contributed by atoms with Crippen LogP contribution in [0.4, 0.5) is 0 Å². The predicted octanol–water partition coefficient (Wildman–Crippen LogP) is 1.27. The SMILES string of the molecule is Cc1ccnc(C(=O)O)c1-n1ccnc1. The second-order valence-electron chi connectivity index (χ2n) is 3.10. The number of hydrogen-bond donors (Lipinski definition) is 1. The lowest BCUT2D eigenvalue weighted by atomic mass is 10.2. The molecule has 5 heteroatoms.